The summed E-state index contributed by atoms with van der Waals surface area (Å²) in [5.74, 6) is -2.57. The van der Waals surface area contributed by atoms with E-state index in [2.05, 4.69) is 10.6 Å². The van der Waals surface area contributed by atoms with E-state index in [-0.39, 0.29) is 5.56 Å². The largest absolute Gasteiger partial charge is 0.493 e. The number of carbonyl (C=O) groups excluding carboxylic acids is 1. The highest BCUT2D eigenvalue weighted by molar-refractivity contribution is 8.01. The Kier molecular flexibility index (Phi) is 6.23. The predicted octanol–water partition coefficient (Wildman–Crippen LogP) is 2.32. The number of nitrogens with one attached hydrogen (secondary N) is 2. The first-order valence-corrected chi connectivity index (χ1v) is 10.4. The van der Waals surface area contributed by atoms with E-state index in [9.17, 15) is 24.6 Å². The number of carboxylic acid groups (broad SMARTS) is 2. The second-order valence-corrected chi connectivity index (χ2v) is 9.26. The number of thioether (sulfide) groups is 1. The van der Waals surface area contributed by atoms with Crippen LogP contribution in [0.15, 0.2) is 36.4 Å². The number of carboxylic acids is 2. The Bertz CT molecular complexity index is 993. The monoisotopic (exact) mass is 432 g/mol. The topological polar surface area (TPSA) is 125 Å². The van der Waals surface area contributed by atoms with Crippen LogP contribution in [0.1, 0.15) is 31.1 Å². The molecule has 0 radical (unpaired) electrons. The van der Waals surface area contributed by atoms with Crippen LogP contribution in [-0.4, -0.2) is 56.9 Å². The lowest BCUT2D eigenvalue weighted by Crippen LogP contribution is -2.53. The van der Waals surface area contributed by atoms with E-state index in [0.29, 0.717) is 17.7 Å². The van der Waals surface area contributed by atoms with Gasteiger partial charge < -0.3 is 20.3 Å². The van der Waals surface area contributed by atoms with Crippen LogP contribution in [0, 0.1) is 0 Å². The predicted molar refractivity (Wildman–Crippen MR) is 114 cm³/mol. The molecule has 0 saturated carbocycles. The minimum absolute atomic E-state index is 0.248. The summed E-state index contributed by atoms with van der Waals surface area (Å²) in [6.45, 7) is 5.59. The van der Waals surface area contributed by atoms with E-state index in [1.54, 1.807) is 39.0 Å². The summed E-state index contributed by atoms with van der Waals surface area (Å²) < 4.78 is 4.86. The summed E-state index contributed by atoms with van der Waals surface area (Å²) in [5, 5.41) is 25.2. The molecular formula is C21H24N2O6S. The van der Waals surface area contributed by atoms with Gasteiger partial charge in [0, 0.05) is 4.75 Å². The Morgan fingerprint density at radius 3 is 2.50 bits per heavy atom. The maximum atomic E-state index is 13.2. The second-order valence-electron chi connectivity index (χ2n) is 7.46. The zero-order chi connectivity index (χ0) is 22.1. The smallest absolute Gasteiger partial charge is 0.328 e. The minimum atomic E-state index is -1.33. The first-order chi connectivity index (χ1) is 14.2. The highest BCUT2D eigenvalue weighted by atomic mass is 32.2. The molecule has 0 aromatic heterocycles. The molecular weight excluding hydrogens is 408 g/mol. The number of rotatable bonds is 7. The molecule has 2 aromatic carbocycles. The van der Waals surface area contributed by atoms with Gasteiger partial charge in [0.25, 0.3) is 5.91 Å². The maximum Gasteiger partial charge on any atom is 0.328 e. The molecule has 1 amide bonds. The van der Waals surface area contributed by atoms with Crippen molar-refractivity contribution < 1.29 is 29.3 Å². The Labute approximate surface area is 178 Å². The number of hydrogen-bond donors (Lipinski definition) is 4. The van der Waals surface area contributed by atoms with Gasteiger partial charge in [0.15, 0.2) is 6.04 Å². The van der Waals surface area contributed by atoms with Crippen LogP contribution < -0.4 is 15.4 Å². The molecule has 3 rings (SSSR count). The summed E-state index contributed by atoms with van der Waals surface area (Å²) in [7, 11) is 0. The van der Waals surface area contributed by atoms with Gasteiger partial charge in [0.05, 0.1) is 17.5 Å². The average Bonchev–Trinajstić information content (AvgIpc) is 3.00. The van der Waals surface area contributed by atoms with E-state index in [1.807, 2.05) is 18.2 Å². The molecule has 3 atom stereocenters. The van der Waals surface area contributed by atoms with Crippen molar-refractivity contribution in [1.29, 1.82) is 0 Å². The Morgan fingerprint density at radius 2 is 1.90 bits per heavy atom. The van der Waals surface area contributed by atoms with Crippen LogP contribution in [0.3, 0.4) is 0 Å². The van der Waals surface area contributed by atoms with Crippen molar-refractivity contribution in [3.8, 4) is 5.75 Å². The Balaban J connectivity index is 1.94. The van der Waals surface area contributed by atoms with Gasteiger partial charge in [-0.1, -0.05) is 30.3 Å². The Morgan fingerprint density at radius 1 is 1.20 bits per heavy atom. The van der Waals surface area contributed by atoms with Crippen molar-refractivity contribution in [3.63, 3.8) is 0 Å². The molecule has 1 unspecified atom stereocenters. The van der Waals surface area contributed by atoms with Crippen LogP contribution in [0.4, 0.5) is 0 Å². The number of aliphatic carboxylic acids is 2. The van der Waals surface area contributed by atoms with Crippen LogP contribution in [0.5, 0.6) is 5.75 Å². The van der Waals surface area contributed by atoms with Gasteiger partial charge in [-0.3, -0.25) is 14.9 Å². The SMILES string of the molecule is CCOc1ccc2ccccc2c1C(=O)N[C@H](C(=O)O)[C@@H]1NC(C(=O)O)C(C)(C)S1. The molecule has 0 aliphatic carbocycles. The van der Waals surface area contributed by atoms with E-state index >= 15 is 0 Å². The number of carbonyl (C=O) groups is 3. The first kappa shape index (κ1) is 21.9. The van der Waals surface area contributed by atoms with Crippen molar-refractivity contribution in [2.45, 2.75) is 43.0 Å². The van der Waals surface area contributed by atoms with Crippen LogP contribution in [-0.2, 0) is 9.59 Å². The minimum Gasteiger partial charge on any atom is -0.493 e. The van der Waals surface area contributed by atoms with Gasteiger partial charge in [-0.25, -0.2) is 4.79 Å². The van der Waals surface area contributed by atoms with Crippen molar-refractivity contribution in [2.75, 3.05) is 6.61 Å². The van der Waals surface area contributed by atoms with Gasteiger partial charge in [0.1, 0.15) is 11.8 Å². The molecule has 9 heteroatoms. The zero-order valence-corrected chi connectivity index (χ0v) is 17.7. The maximum absolute atomic E-state index is 13.2. The third-order valence-electron chi connectivity index (χ3n) is 4.98. The number of fused-ring (bicyclic) bond motifs is 1. The highest BCUT2D eigenvalue weighted by Gasteiger charge is 2.49. The molecule has 30 heavy (non-hydrogen) atoms. The molecule has 0 spiro atoms. The van der Waals surface area contributed by atoms with E-state index < -0.39 is 40.1 Å². The molecule has 1 aliphatic rings. The van der Waals surface area contributed by atoms with Gasteiger partial charge in [0.2, 0.25) is 0 Å². The summed E-state index contributed by atoms with van der Waals surface area (Å²) in [6, 6.07) is 8.50. The quantitative estimate of drug-likeness (QED) is 0.525. The van der Waals surface area contributed by atoms with Crippen molar-refractivity contribution in [1.82, 2.24) is 10.6 Å². The van der Waals surface area contributed by atoms with E-state index in [1.165, 1.54) is 11.8 Å². The fourth-order valence-electron chi connectivity index (χ4n) is 3.57. The number of amides is 1. The number of ether oxygens (including phenoxy) is 1. The third-order valence-corrected chi connectivity index (χ3v) is 6.48. The second kappa shape index (κ2) is 8.53. The molecule has 2 aromatic rings. The molecule has 1 heterocycles. The van der Waals surface area contributed by atoms with Crippen LogP contribution in [0.25, 0.3) is 10.8 Å². The molecule has 8 nitrogen and oxygen atoms in total. The van der Waals surface area contributed by atoms with Crippen LogP contribution >= 0.6 is 11.8 Å². The zero-order valence-electron chi connectivity index (χ0n) is 16.8. The van der Waals surface area contributed by atoms with Crippen molar-refractivity contribution >= 4 is 40.4 Å². The Hall–Kier alpha value is -2.78. The number of benzene rings is 2. The molecule has 4 N–H and O–H groups in total. The van der Waals surface area contributed by atoms with Crippen LogP contribution in [0.2, 0.25) is 0 Å². The van der Waals surface area contributed by atoms with Gasteiger partial charge in [-0.05, 0) is 37.6 Å². The normalized spacial score (nSPS) is 21.2. The first-order valence-electron chi connectivity index (χ1n) is 9.50. The lowest BCUT2D eigenvalue weighted by atomic mass is 10.0. The summed E-state index contributed by atoms with van der Waals surface area (Å²) in [6.07, 6.45) is 0. The van der Waals surface area contributed by atoms with Gasteiger partial charge in [-0.2, -0.15) is 0 Å². The summed E-state index contributed by atoms with van der Waals surface area (Å²) in [5.41, 5.74) is 0.248. The van der Waals surface area contributed by atoms with E-state index in [0.717, 1.165) is 5.39 Å². The third kappa shape index (κ3) is 4.22. The lowest BCUT2D eigenvalue weighted by molar-refractivity contribution is -0.142. The molecule has 160 valence electrons. The summed E-state index contributed by atoms with van der Waals surface area (Å²) in [4.78, 5) is 36.7. The highest BCUT2D eigenvalue weighted by Crippen LogP contribution is 2.39. The fraction of sp³-hybridized carbons (Fsp3) is 0.381. The average molecular weight is 432 g/mol. The van der Waals surface area contributed by atoms with Gasteiger partial charge >= 0.3 is 11.9 Å². The van der Waals surface area contributed by atoms with E-state index in [4.69, 9.17) is 4.74 Å². The molecule has 1 aliphatic heterocycles. The van der Waals surface area contributed by atoms with Crippen molar-refractivity contribution in [2.24, 2.45) is 0 Å². The number of hydrogen-bond acceptors (Lipinski definition) is 6. The molecule has 0 bridgehead atoms. The van der Waals surface area contributed by atoms with Gasteiger partial charge in [-0.15, -0.1) is 11.8 Å². The fourth-order valence-corrected chi connectivity index (χ4v) is 5.05. The molecule has 1 fully saturated rings. The summed E-state index contributed by atoms with van der Waals surface area (Å²) >= 11 is 1.18. The van der Waals surface area contributed by atoms with Crippen molar-refractivity contribution in [3.05, 3.63) is 42.0 Å². The standard InChI is InChI=1S/C21H24N2O6S/c1-4-29-13-10-9-11-7-5-6-8-12(11)14(13)17(24)22-15(19(25)26)18-23-16(20(27)28)21(2,3)30-18/h5-10,15-16,18,23H,4H2,1-3H3,(H,22,24)(H,25,26)(H,27,28)/t15-,16?,18+/m0/s1. The molecule has 1 saturated heterocycles. The lowest BCUT2D eigenvalue weighted by Gasteiger charge is -2.23.